The minimum absolute atomic E-state index is 0.0778. The zero-order valence-electron chi connectivity index (χ0n) is 11.2. The summed E-state index contributed by atoms with van der Waals surface area (Å²) in [7, 11) is -1.68. The number of fused-ring (bicyclic) bond motifs is 1. The van der Waals surface area contributed by atoms with E-state index in [1.807, 2.05) is 12.1 Å². The first-order valence-electron chi connectivity index (χ1n) is 6.08. The third-order valence-electron chi connectivity index (χ3n) is 3.36. The molecule has 0 saturated carbocycles. The fourth-order valence-corrected chi connectivity index (χ4v) is 2.92. The van der Waals surface area contributed by atoms with Crippen LogP contribution in [-0.4, -0.2) is 29.9 Å². The van der Waals surface area contributed by atoms with Gasteiger partial charge in [-0.05, 0) is 16.4 Å². The van der Waals surface area contributed by atoms with E-state index in [2.05, 4.69) is 20.8 Å². The molecule has 19 heavy (non-hydrogen) atoms. The van der Waals surface area contributed by atoms with E-state index >= 15 is 0 Å². The first kappa shape index (κ1) is 13.7. The van der Waals surface area contributed by atoms with Gasteiger partial charge in [-0.1, -0.05) is 39.0 Å². The van der Waals surface area contributed by atoms with Crippen molar-refractivity contribution in [2.24, 2.45) is 0 Å². The molecule has 0 aliphatic heterocycles. The lowest BCUT2D eigenvalue weighted by Gasteiger charge is -2.20. The fourth-order valence-electron chi connectivity index (χ4n) is 2.14. The minimum atomic E-state index is -1.68. The Morgan fingerprint density at radius 2 is 1.53 bits per heavy atom. The van der Waals surface area contributed by atoms with Gasteiger partial charge < -0.3 is 20.1 Å². The van der Waals surface area contributed by atoms with Gasteiger partial charge in [0.1, 0.15) is 0 Å². The standard InChI is InChI=1S/C14H18O4Si/c1-14(2,3)7-4-5-8-9(6-7)13(19-18)12(17)11(16)10(8)15/h4-6,15-18H,19H2,1-3H3. The van der Waals surface area contributed by atoms with Crippen LogP contribution in [-0.2, 0) is 5.41 Å². The first-order valence-corrected chi connectivity index (χ1v) is 7.42. The Bertz CT molecular complexity index is 644. The third-order valence-corrected chi connectivity index (χ3v) is 4.39. The molecule has 0 saturated heterocycles. The van der Waals surface area contributed by atoms with Crippen LogP contribution >= 0.6 is 0 Å². The summed E-state index contributed by atoms with van der Waals surface area (Å²) in [6.45, 7) is 6.18. The normalized spacial score (nSPS) is 12.6. The van der Waals surface area contributed by atoms with E-state index < -0.39 is 21.3 Å². The lowest BCUT2D eigenvalue weighted by Crippen LogP contribution is -2.17. The highest BCUT2D eigenvalue weighted by atomic mass is 28.2. The summed E-state index contributed by atoms with van der Waals surface area (Å²) >= 11 is 0. The van der Waals surface area contributed by atoms with E-state index in [-0.39, 0.29) is 11.2 Å². The Balaban J connectivity index is 2.89. The van der Waals surface area contributed by atoms with Crippen molar-refractivity contribution in [2.75, 3.05) is 0 Å². The van der Waals surface area contributed by atoms with Gasteiger partial charge in [0.2, 0.25) is 5.75 Å². The van der Waals surface area contributed by atoms with Crippen molar-refractivity contribution in [3.63, 3.8) is 0 Å². The molecule has 102 valence electrons. The second-order valence-corrected chi connectivity index (χ2v) is 6.72. The van der Waals surface area contributed by atoms with Gasteiger partial charge in [0.05, 0.1) is 0 Å². The lowest BCUT2D eigenvalue weighted by molar-refractivity contribution is 0.373. The summed E-state index contributed by atoms with van der Waals surface area (Å²) in [5.74, 6) is -1.32. The molecule has 0 unspecified atom stereocenters. The SMILES string of the molecule is CC(C)(C)c1ccc2c(O)c(O)c(O)c([SiH2]O)c2c1. The van der Waals surface area contributed by atoms with Crippen molar-refractivity contribution in [3.05, 3.63) is 23.8 Å². The molecule has 0 heterocycles. The summed E-state index contributed by atoms with van der Waals surface area (Å²) in [5, 5.41) is 30.8. The molecule has 0 amide bonds. The Labute approximate surface area is 113 Å². The van der Waals surface area contributed by atoms with Gasteiger partial charge in [0, 0.05) is 10.6 Å². The van der Waals surface area contributed by atoms with Crippen molar-refractivity contribution in [1.29, 1.82) is 0 Å². The van der Waals surface area contributed by atoms with Crippen molar-refractivity contribution in [1.82, 2.24) is 0 Å². The average Bonchev–Trinajstić information content (AvgIpc) is 2.35. The zero-order valence-corrected chi connectivity index (χ0v) is 12.6. The van der Waals surface area contributed by atoms with Crippen LogP contribution in [0.2, 0.25) is 0 Å². The Morgan fingerprint density at radius 3 is 2.05 bits per heavy atom. The van der Waals surface area contributed by atoms with Crippen LogP contribution in [0.5, 0.6) is 17.2 Å². The van der Waals surface area contributed by atoms with Gasteiger partial charge in [0.25, 0.3) is 0 Å². The van der Waals surface area contributed by atoms with Crippen molar-refractivity contribution in [3.8, 4) is 17.2 Å². The molecule has 4 nitrogen and oxygen atoms in total. The molecule has 0 radical (unpaired) electrons. The predicted molar refractivity (Wildman–Crippen MR) is 78.0 cm³/mol. The van der Waals surface area contributed by atoms with Gasteiger partial charge in [-0.15, -0.1) is 0 Å². The molecule has 0 atom stereocenters. The van der Waals surface area contributed by atoms with E-state index in [9.17, 15) is 20.1 Å². The molecule has 5 heteroatoms. The second kappa shape index (κ2) is 4.43. The fraction of sp³-hybridized carbons (Fsp3) is 0.286. The predicted octanol–water partition coefficient (Wildman–Crippen LogP) is 0.955. The van der Waals surface area contributed by atoms with E-state index in [0.29, 0.717) is 16.0 Å². The van der Waals surface area contributed by atoms with Gasteiger partial charge in [-0.3, -0.25) is 0 Å². The highest BCUT2D eigenvalue weighted by molar-refractivity contribution is 6.52. The maximum absolute atomic E-state index is 9.88. The third kappa shape index (κ3) is 2.15. The molecule has 0 fully saturated rings. The van der Waals surface area contributed by atoms with Crippen LogP contribution in [0.3, 0.4) is 0 Å². The largest absolute Gasteiger partial charge is 0.504 e. The minimum Gasteiger partial charge on any atom is -0.504 e. The smallest absolute Gasteiger partial charge is 0.200 e. The number of phenols is 3. The van der Waals surface area contributed by atoms with Crippen LogP contribution in [0.25, 0.3) is 10.8 Å². The van der Waals surface area contributed by atoms with E-state index in [0.717, 1.165) is 5.56 Å². The van der Waals surface area contributed by atoms with Crippen LogP contribution in [0.1, 0.15) is 26.3 Å². The number of hydrogen-bond donors (Lipinski definition) is 4. The Morgan fingerprint density at radius 1 is 0.895 bits per heavy atom. The summed E-state index contributed by atoms with van der Waals surface area (Å²) in [6, 6.07) is 5.44. The van der Waals surface area contributed by atoms with Crippen LogP contribution < -0.4 is 5.19 Å². The lowest BCUT2D eigenvalue weighted by atomic mass is 9.86. The summed E-state index contributed by atoms with van der Waals surface area (Å²) in [6.07, 6.45) is 0. The molecule has 0 aliphatic rings. The van der Waals surface area contributed by atoms with Crippen LogP contribution in [0.4, 0.5) is 0 Å². The van der Waals surface area contributed by atoms with Crippen molar-refractivity contribution in [2.45, 2.75) is 26.2 Å². The molecule has 2 aromatic carbocycles. The highest BCUT2D eigenvalue weighted by Gasteiger charge is 2.20. The summed E-state index contributed by atoms with van der Waals surface area (Å²) in [5.41, 5.74) is 0.958. The molecule has 2 aromatic rings. The Kier molecular flexibility index (Phi) is 3.20. The first-order chi connectivity index (χ1) is 8.77. The maximum atomic E-state index is 9.88. The molecule has 0 bridgehead atoms. The van der Waals surface area contributed by atoms with E-state index in [1.165, 1.54) is 0 Å². The van der Waals surface area contributed by atoms with Crippen molar-refractivity contribution < 1.29 is 20.1 Å². The molecular weight excluding hydrogens is 260 g/mol. The number of aromatic hydroxyl groups is 3. The quantitative estimate of drug-likeness (QED) is 0.462. The molecule has 4 N–H and O–H groups in total. The topological polar surface area (TPSA) is 80.9 Å². The zero-order chi connectivity index (χ0) is 14.4. The van der Waals surface area contributed by atoms with Gasteiger partial charge >= 0.3 is 0 Å². The highest BCUT2D eigenvalue weighted by Crippen LogP contribution is 2.40. The van der Waals surface area contributed by atoms with E-state index in [4.69, 9.17) is 0 Å². The molecule has 2 rings (SSSR count). The number of benzene rings is 2. The monoisotopic (exact) mass is 278 g/mol. The molecular formula is C14H18O4Si. The summed E-state index contributed by atoms with van der Waals surface area (Å²) < 4.78 is 0. The molecule has 0 spiro atoms. The number of hydrogen-bond acceptors (Lipinski definition) is 4. The van der Waals surface area contributed by atoms with Gasteiger partial charge in [-0.25, -0.2) is 0 Å². The second-order valence-electron chi connectivity index (χ2n) is 5.69. The number of rotatable bonds is 1. The molecule has 0 aliphatic carbocycles. The van der Waals surface area contributed by atoms with Crippen LogP contribution in [0.15, 0.2) is 18.2 Å². The van der Waals surface area contributed by atoms with Crippen LogP contribution in [0, 0.1) is 0 Å². The number of phenolic OH excluding ortho intramolecular Hbond substituents is 3. The van der Waals surface area contributed by atoms with E-state index in [1.54, 1.807) is 6.07 Å². The Hall–Kier alpha value is -1.72. The maximum Gasteiger partial charge on any atom is 0.200 e. The van der Waals surface area contributed by atoms with Gasteiger partial charge in [0.15, 0.2) is 21.3 Å². The summed E-state index contributed by atoms with van der Waals surface area (Å²) in [4.78, 5) is 9.51. The van der Waals surface area contributed by atoms with Gasteiger partial charge in [-0.2, -0.15) is 0 Å². The molecule has 0 aromatic heterocycles. The van der Waals surface area contributed by atoms with Crippen molar-refractivity contribution >= 4 is 25.7 Å². The average molecular weight is 278 g/mol.